The predicted octanol–water partition coefficient (Wildman–Crippen LogP) is 0.899. The zero-order valence-corrected chi connectivity index (χ0v) is 7.26. The van der Waals surface area contributed by atoms with Crippen LogP contribution >= 0.6 is 0 Å². The van der Waals surface area contributed by atoms with Crippen LogP contribution in [0.25, 0.3) is 5.82 Å². The first-order valence-electron chi connectivity index (χ1n) is 4.06. The highest BCUT2D eigenvalue weighted by Gasteiger charge is 2.00. The maximum atomic E-state index is 12.6. The van der Waals surface area contributed by atoms with Crippen LogP contribution in [-0.4, -0.2) is 19.9 Å². The maximum absolute atomic E-state index is 12.6. The van der Waals surface area contributed by atoms with E-state index in [1.54, 1.807) is 12.1 Å². The fourth-order valence-corrected chi connectivity index (χ4v) is 1.07. The third kappa shape index (κ3) is 1.62. The minimum atomic E-state index is -0.405. The zero-order chi connectivity index (χ0) is 9.97. The summed E-state index contributed by atoms with van der Waals surface area (Å²) >= 11 is 0. The Labute approximate surface area is 79.6 Å². The molecule has 0 aliphatic carbocycles. The topological polar surface area (TPSA) is 50.9 Å². The van der Waals surface area contributed by atoms with Gasteiger partial charge in [-0.25, -0.2) is 14.1 Å². The Kier molecular flexibility index (Phi) is 2.24. The largest absolute Gasteiger partial charge is 0.392 e. The number of hydrogen-bond acceptors (Lipinski definition) is 3. The van der Waals surface area contributed by atoms with Crippen molar-refractivity contribution < 1.29 is 9.50 Å². The standard InChI is InChI=1S/C9H8FN3O/c10-8-4-12-13(5-8)9-2-1-7(6-14)3-11-9/h1-5,14H,6H2. The third-order valence-electron chi connectivity index (χ3n) is 1.78. The molecule has 14 heavy (non-hydrogen) atoms. The summed E-state index contributed by atoms with van der Waals surface area (Å²) in [6, 6.07) is 3.37. The van der Waals surface area contributed by atoms with Gasteiger partial charge in [0.15, 0.2) is 11.6 Å². The van der Waals surface area contributed by atoms with Crippen molar-refractivity contribution in [3.63, 3.8) is 0 Å². The Morgan fingerprint density at radius 3 is 2.71 bits per heavy atom. The molecule has 0 aliphatic rings. The number of hydrogen-bond donors (Lipinski definition) is 1. The highest BCUT2D eigenvalue weighted by molar-refractivity contribution is 5.24. The minimum Gasteiger partial charge on any atom is -0.392 e. The van der Waals surface area contributed by atoms with Gasteiger partial charge in [0, 0.05) is 6.20 Å². The Balaban J connectivity index is 2.33. The monoisotopic (exact) mass is 193 g/mol. The Morgan fingerprint density at radius 1 is 1.36 bits per heavy atom. The number of aliphatic hydroxyl groups excluding tert-OH is 1. The third-order valence-corrected chi connectivity index (χ3v) is 1.78. The Bertz CT molecular complexity index is 424. The molecule has 0 fully saturated rings. The average molecular weight is 193 g/mol. The molecular formula is C9H8FN3O. The van der Waals surface area contributed by atoms with Crippen LogP contribution in [0.1, 0.15) is 5.56 Å². The highest BCUT2D eigenvalue weighted by Crippen LogP contribution is 2.05. The number of pyridine rings is 1. The molecule has 4 nitrogen and oxygen atoms in total. The van der Waals surface area contributed by atoms with E-state index in [1.165, 1.54) is 17.1 Å². The summed E-state index contributed by atoms with van der Waals surface area (Å²) in [5.74, 6) is 0.115. The number of aromatic nitrogens is 3. The minimum absolute atomic E-state index is 0.0548. The molecule has 5 heteroatoms. The first-order valence-corrected chi connectivity index (χ1v) is 4.06. The van der Waals surface area contributed by atoms with Crippen LogP contribution in [0.4, 0.5) is 4.39 Å². The smallest absolute Gasteiger partial charge is 0.161 e. The summed E-state index contributed by atoms with van der Waals surface area (Å²) in [5.41, 5.74) is 0.710. The van der Waals surface area contributed by atoms with E-state index in [0.717, 1.165) is 6.20 Å². The number of nitrogens with zero attached hydrogens (tertiary/aromatic N) is 3. The molecule has 0 atom stereocenters. The molecule has 0 saturated carbocycles. The molecule has 2 heterocycles. The van der Waals surface area contributed by atoms with E-state index < -0.39 is 5.82 Å². The molecule has 1 N–H and O–H groups in total. The van der Waals surface area contributed by atoms with E-state index in [9.17, 15) is 4.39 Å². The zero-order valence-electron chi connectivity index (χ0n) is 7.26. The second-order valence-corrected chi connectivity index (χ2v) is 2.79. The van der Waals surface area contributed by atoms with Gasteiger partial charge in [0.2, 0.25) is 0 Å². The van der Waals surface area contributed by atoms with Crippen molar-refractivity contribution in [1.29, 1.82) is 0 Å². The first-order chi connectivity index (χ1) is 6.79. The van der Waals surface area contributed by atoms with Gasteiger partial charge in [-0.1, -0.05) is 6.07 Å². The molecular weight excluding hydrogens is 185 g/mol. The highest BCUT2D eigenvalue weighted by atomic mass is 19.1. The van der Waals surface area contributed by atoms with Crippen molar-refractivity contribution in [2.24, 2.45) is 0 Å². The van der Waals surface area contributed by atoms with Gasteiger partial charge in [0.1, 0.15) is 0 Å². The summed E-state index contributed by atoms with van der Waals surface area (Å²) in [7, 11) is 0. The Morgan fingerprint density at radius 2 is 2.21 bits per heavy atom. The fourth-order valence-electron chi connectivity index (χ4n) is 1.07. The number of halogens is 1. The van der Waals surface area contributed by atoms with Crippen LogP contribution in [0.5, 0.6) is 0 Å². The van der Waals surface area contributed by atoms with Crippen LogP contribution in [0.15, 0.2) is 30.7 Å². The molecule has 0 aromatic carbocycles. The van der Waals surface area contributed by atoms with Crippen LogP contribution in [0.2, 0.25) is 0 Å². The second kappa shape index (κ2) is 3.55. The van der Waals surface area contributed by atoms with E-state index in [1.807, 2.05) is 0 Å². The van der Waals surface area contributed by atoms with Crippen LogP contribution in [-0.2, 0) is 6.61 Å². The van der Waals surface area contributed by atoms with E-state index in [-0.39, 0.29) is 6.61 Å². The summed E-state index contributed by atoms with van der Waals surface area (Å²) in [5, 5.41) is 12.5. The van der Waals surface area contributed by atoms with Crippen molar-refractivity contribution in [2.45, 2.75) is 6.61 Å². The van der Waals surface area contributed by atoms with Gasteiger partial charge in [0.25, 0.3) is 0 Å². The van der Waals surface area contributed by atoms with Crippen LogP contribution < -0.4 is 0 Å². The fraction of sp³-hybridized carbons (Fsp3) is 0.111. The SMILES string of the molecule is OCc1ccc(-n2cc(F)cn2)nc1. The Hall–Kier alpha value is -1.75. The number of aliphatic hydroxyl groups is 1. The molecule has 0 radical (unpaired) electrons. The molecule has 0 bridgehead atoms. The van der Waals surface area contributed by atoms with E-state index >= 15 is 0 Å². The van der Waals surface area contributed by atoms with Gasteiger partial charge < -0.3 is 5.11 Å². The lowest BCUT2D eigenvalue weighted by atomic mass is 10.3. The summed E-state index contributed by atoms with van der Waals surface area (Å²) in [4.78, 5) is 4.01. The number of rotatable bonds is 2. The van der Waals surface area contributed by atoms with Gasteiger partial charge in [0.05, 0.1) is 19.0 Å². The maximum Gasteiger partial charge on any atom is 0.161 e. The molecule has 2 rings (SSSR count). The molecule has 0 amide bonds. The quantitative estimate of drug-likeness (QED) is 0.770. The summed E-state index contributed by atoms with van der Waals surface area (Å²) < 4.78 is 13.9. The molecule has 0 saturated heterocycles. The summed E-state index contributed by atoms with van der Waals surface area (Å²) in [6.45, 7) is -0.0548. The lowest BCUT2D eigenvalue weighted by Crippen LogP contribution is -1.98. The second-order valence-electron chi connectivity index (χ2n) is 2.79. The van der Waals surface area contributed by atoms with Gasteiger partial charge in [-0.05, 0) is 11.6 Å². The van der Waals surface area contributed by atoms with Gasteiger partial charge in [-0.3, -0.25) is 0 Å². The van der Waals surface area contributed by atoms with Crippen molar-refractivity contribution in [3.8, 4) is 5.82 Å². The van der Waals surface area contributed by atoms with Crippen molar-refractivity contribution in [3.05, 3.63) is 42.1 Å². The van der Waals surface area contributed by atoms with Crippen molar-refractivity contribution in [1.82, 2.24) is 14.8 Å². The molecule has 0 aliphatic heterocycles. The molecule has 72 valence electrons. The van der Waals surface area contributed by atoms with Gasteiger partial charge in [-0.15, -0.1) is 0 Å². The van der Waals surface area contributed by atoms with E-state index in [2.05, 4.69) is 10.1 Å². The first kappa shape index (κ1) is 8.83. The summed E-state index contributed by atoms with van der Waals surface area (Å²) in [6.07, 6.45) is 3.87. The van der Waals surface area contributed by atoms with Crippen LogP contribution in [0, 0.1) is 5.82 Å². The van der Waals surface area contributed by atoms with Gasteiger partial charge >= 0.3 is 0 Å². The molecule has 2 aromatic heterocycles. The lowest BCUT2D eigenvalue weighted by Gasteiger charge is -2.00. The van der Waals surface area contributed by atoms with Crippen molar-refractivity contribution >= 4 is 0 Å². The normalized spacial score (nSPS) is 10.4. The molecule has 2 aromatic rings. The van der Waals surface area contributed by atoms with E-state index in [0.29, 0.717) is 11.4 Å². The lowest BCUT2D eigenvalue weighted by molar-refractivity contribution is 0.281. The average Bonchev–Trinajstić information content (AvgIpc) is 2.65. The van der Waals surface area contributed by atoms with E-state index in [4.69, 9.17) is 5.11 Å². The predicted molar refractivity (Wildman–Crippen MR) is 47.2 cm³/mol. The van der Waals surface area contributed by atoms with Crippen molar-refractivity contribution in [2.75, 3.05) is 0 Å². The molecule has 0 unspecified atom stereocenters. The molecule has 0 spiro atoms. The van der Waals surface area contributed by atoms with Gasteiger partial charge in [-0.2, -0.15) is 5.10 Å². The van der Waals surface area contributed by atoms with Crippen LogP contribution in [0.3, 0.4) is 0 Å².